The first-order chi connectivity index (χ1) is 14.8. The molecule has 2 nitrogen and oxygen atoms in total. The maximum atomic E-state index is 6.39. The molecule has 160 valence electrons. The third-order valence-electron chi connectivity index (χ3n) is 6.67. The Balaban J connectivity index is 1.78. The molecule has 0 unspecified atom stereocenters. The highest BCUT2D eigenvalue weighted by Crippen LogP contribution is 2.37. The van der Waals surface area contributed by atoms with Crippen molar-refractivity contribution >= 4 is 12.6 Å². The zero-order valence-electron chi connectivity index (χ0n) is 19.4. The fourth-order valence-electron chi connectivity index (χ4n) is 4.02. The highest BCUT2D eigenvalue weighted by Gasteiger charge is 2.51. The van der Waals surface area contributed by atoms with Gasteiger partial charge in [-0.3, -0.25) is 0 Å². The minimum Gasteiger partial charge on any atom is -0.399 e. The molecular weight excluding hydrogens is 379 g/mol. The highest BCUT2D eigenvalue weighted by atomic mass is 16.7. The number of rotatable bonds is 6. The fourth-order valence-corrected chi connectivity index (χ4v) is 4.02. The van der Waals surface area contributed by atoms with E-state index in [0.717, 1.165) is 11.9 Å². The van der Waals surface area contributed by atoms with Crippen LogP contribution in [0.5, 0.6) is 0 Å². The van der Waals surface area contributed by atoms with Crippen LogP contribution in [0.4, 0.5) is 0 Å². The van der Waals surface area contributed by atoms with E-state index in [9.17, 15) is 0 Å². The van der Waals surface area contributed by atoms with Crippen molar-refractivity contribution in [3.63, 3.8) is 0 Å². The first kappa shape index (κ1) is 21.9. The van der Waals surface area contributed by atoms with E-state index in [0.29, 0.717) is 0 Å². The average Bonchev–Trinajstić information content (AvgIpc) is 3.00. The van der Waals surface area contributed by atoms with Crippen LogP contribution in [-0.4, -0.2) is 18.3 Å². The Kier molecular flexibility index (Phi) is 6.10. The maximum Gasteiger partial charge on any atom is 0.494 e. The number of aryl methyl sites for hydroxylation is 1. The number of unbranched alkanes of at least 4 members (excludes halogenated alkanes) is 1. The Hall–Kier alpha value is -2.36. The van der Waals surface area contributed by atoms with Crippen LogP contribution < -0.4 is 5.46 Å². The van der Waals surface area contributed by atoms with Crippen LogP contribution in [0.2, 0.25) is 0 Å². The van der Waals surface area contributed by atoms with Crippen molar-refractivity contribution in [1.82, 2.24) is 0 Å². The molecule has 1 aliphatic heterocycles. The van der Waals surface area contributed by atoms with Crippen LogP contribution in [0.25, 0.3) is 22.3 Å². The summed E-state index contributed by atoms with van der Waals surface area (Å²) >= 11 is 0. The van der Waals surface area contributed by atoms with Crippen molar-refractivity contribution in [3.8, 4) is 22.3 Å². The largest absolute Gasteiger partial charge is 0.494 e. The lowest BCUT2D eigenvalue weighted by atomic mass is 9.76. The number of hydrogen-bond donors (Lipinski definition) is 0. The van der Waals surface area contributed by atoms with Crippen molar-refractivity contribution in [3.05, 3.63) is 78.4 Å². The van der Waals surface area contributed by atoms with Gasteiger partial charge < -0.3 is 9.31 Å². The first-order valence-electron chi connectivity index (χ1n) is 11.4. The smallest absolute Gasteiger partial charge is 0.399 e. The van der Waals surface area contributed by atoms with Crippen molar-refractivity contribution in [2.24, 2.45) is 0 Å². The highest BCUT2D eigenvalue weighted by molar-refractivity contribution is 6.62. The van der Waals surface area contributed by atoms with Gasteiger partial charge in [-0.2, -0.15) is 0 Å². The number of benzene rings is 3. The van der Waals surface area contributed by atoms with E-state index >= 15 is 0 Å². The van der Waals surface area contributed by atoms with Crippen molar-refractivity contribution < 1.29 is 9.31 Å². The Morgan fingerprint density at radius 1 is 0.677 bits per heavy atom. The predicted molar refractivity (Wildman–Crippen MR) is 132 cm³/mol. The normalized spacial score (nSPS) is 17.1. The summed E-state index contributed by atoms with van der Waals surface area (Å²) in [6, 6.07) is 26.2. The van der Waals surface area contributed by atoms with E-state index in [1.165, 1.54) is 40.7 Å². The molecule has 0 N–H and O–H groups in total. The molecule has 31 heavy (non-hydrogen) atoms. The molecule has 3 aromatic rings. The van der Waals surface area contributed by atoms with Gasteiger partial charge >= 0.3 is 7.12 Å². The van der Waals surface area contributed by atoms with Gasteiger partial charge in [0, 0.05) is 0 Å². The molecule has 1 saturated heterocycles. The van der Waals surface area contributed by atoms with Gasteiger partial charge in [0.15, 0.2) is 0 Å². The number of hydrogen-bond acceptors (Lipinski definition) is 2. The minimum absolute atomic E-state index is 0.360. The van der Waals surface area contributed by atoms with Gasteiger partial charge in [0.2, 0.25) is 0 Å². The summed E-state index contributed by atoms with van der Waals surface area (Å²) in [7, 11) is -0.379. The molecule has 0 radical (unpaired) electrons. The third-order valence-corrected chi connectivity index (χ3v) is 6.67. The first-order valence-corrected chi connectivity index (χ1v) is 11.4. The third kappa shape index (κ3) is 4.63. The molecule has 1 heterocycles. The molecule has 4 rings (SSSR count). The molecule has 0 aromatic heterocycles. The Morgan fingerprint density at radius 2 is 1.29 bits per heavy atom. The lowest BCUT2D eigenvalue weighted by Gasteiger charge is -2.32. The summed E-state index contributed by atoms with van der Waals surface area (Å²) in [6.45, 7) is 10.7. The summed E-state index contributed by atoms with van der Waals surface area (Å²) < 4.78 is 12.8. The molecule has 0 amide bonds. The van der Waals surface area contributed by atoms with E-state index in [2.05, 4.69) is 107 Å². The molecule has 3 heteroatoms. The fraction of sp³-hybridized carbons (Fsp3) is 0.357. The second-order valence-corrected chi connectivity index (χ2v) is 9.60. The van der Waals surface area contributed by atoms with E-state index in [-0.39, 0.29) is 18.3 Å². The summed E-state index contributed by atoms with van der Waals surface area (Å²) in [5.74, 6) is 0. The predicted octanol–water partition coefficient (Wildman–Crippen LogP) is 6.66. The molecule has 3 aromatic carbocycles. The summed E-state index contributed by atoms with van der Waals surface area (Å²) in [5.41, 5.74) is 6.55. The SMILES string of the molecule is CCCCc1cccc(-c2cc(B3OC(C)(C)C(C)(C)O3)cc(-c3ccccc3)c2)c1. The standard InChI is InChI=1S/C28H33BO2/c1-6-7-12-21-13-11-16-23(17-21)25-18-24(22-14-9-8-10-15-22)19-26(20-25)29-30-27(2,3)28(4,5)31-29/h8-11,13-20H,6-7,12H2,1-5H3. The van der Waals surface area contributed by atoms with Gasteiger partial charge in [0.25, 0.3) is 0 Å². The Morgan fingerprint density at radius 3 is 1.94 bits per heavy atom. The Bertz CT molecular complexity index is 1020. The molecule has 0 saturated carbocycles. The lowest BCUT2D eigenvalue weighted by molar-refractivity contribution is 0.00578. The Labute approximate surface area is 187 Å². The van der Waals surface area contributed by atoms with Gasteiger partial charge in [-0.25, -0.2) is 0 Å². The van der Waals surface area contributed by atoms with Crippen LogP contribution in [0.15, 0.2) is 72.8 Å². The van der Waals surface area contributed by atoms with E-state index in [1.54, 1.807) is 0 Å². The van der Waals surface area contributed by atoms with Gasteiger partial charge in [-0.1, -0.05) is 80.1 Å². The average molecular weight is 412 g/mol. The van der Waals surface area contributed by atoms with E-state index in [4.69, 9.17) is 9.31 Å². The van der Waals surface area contributed by atoms with Gasteiger partial charge in [0.05, 0.1) is 11.2 Å². The van der Waals surface area contributed by atoms with Crippen LogP contribution in [0.3, 0.4) is 0 Å². The minimum atomic E-state index is -0.379. The second kappa shape index (κ2) is 8.65. The molecule has 1 aliphatic rings. The van der Waals surface area contributed by atoms with Crippen LogP contribution >= 0.6 is 0 Å². The van der Waals surface area contributed by atoms with E-state index in [1.807, 2.05) is 0 Å². The van der Waals surface area contributed by atoms with Gasteiger partial charge in [-0.15, -0.1) is 0 Å². The van der Waals surface area contributed by atoms with Crippen LogP contribution in [-0.2, 0) is 15.7 Å². The quantitative estimate of drug-likeness (QED) is 0.422. The van der Waals surface area contributed by atoms with E-state index < -0.39 is 0 Å². The summed E-state index contributed by atoms with van der Waals surface area (Å²) in [4.78, 5) is 0. The molecule has 1 fully saturated rings. The van der Waals surface area contributed by atoms with Crippen molar-refractivity contribution in [2.45, 2.75) is 65.1 Å². The van der Waals surface area contributed by atoms with Crippen LogP contribution in [0.1, 0.15) is 53.0 Å². The van der Waals surface area contributed by atoms with Crippen molar-refractivity contribution in [2.75, 3.05) is 0 Å². The van der Waals surface area contributed by atoms with Gasteiger partial charge in [0.1, 0.15) is 0 Å². The molecule has 0 spiro atoms. The topological polar surface area (TPSA) is 18.5 Å². The lowest BCUT2D eigenvalue weighted by Crippen LogP contribution is -2.41. The molecule has 0 aliphatic carbocycles. The second-order valence-electron chi connectivity index (χ2n) is 9.60. The zero-order valence-corrected chi connectivity index (χ0v) is 19.4. The summed E-state index contributed by atoms with van der Waals surface area (Å²) in [5, 5.41) is 0. The monoisotopic (exact) mass is 412 g/mol. The molecule has 0 bridgehead atoms. The van der Waals surface area contributed by atoms with Crippen molar-refractivity contribution in [1.29, 1.82) is 0 Å². The van der Waals surface area contributed by atoms with Crippen LogP contribution in [0, 0.1) is 0 Å². The zero-order chi connectivity index (χ0) is 22.1. The molecule has 0 atom stereocenters. The molecular formula is C28H33BO2. The summed E-state index contributed by atoms with van der Waals surface area (Å²) in [6.07, 6.45) is 3.54. The van der Waals surface area contributed by atoms with Gasteiger partial charge in [-0.05, 0) is 79.9 Å². The maximum absolute atomic E-state index is 6.39.